The lowest BCUT2D eigenvalue weighted by molar-refractivity contribution is -0.384. The maximum atomic E-state index is 10.8. The van der Waals surface area contributed by atoms with Crippen LogP contribution in [0.4, 0.5) is 5.69 Å². The molecule has 0 spiro atoms. The molecule has 0 aliphatic carbocycles. The zero-order valence-corrected chi connectivity index (χ0v) is 14.5. The number of likely N-dealkylation sites (tertiary alicyclic amines) is 1. The standard InChI is InChI=1S/C17H18ClN3O2.ClH/c18-15-8-12(6-7-17(15)21(22)23)9-20-10-14(16(19)11-20)13-4-2-1-3-5-13;/h1-8,14,16H,9-11,19H2;1H/t14-,16+;/m0./s1. The van der Waals surface area contributed by atoms with Gasteiger partial charge in [0.25, 0.3) is 5.69 Å². The van der Waals surface area contributed by atoms with Gasteiger partial charge in [0.15, 0.2) is 0 Å². The third-order valence-electron chi connectivity index (χ3n) is 4.28. The molecule has 0 saturated carbocycles. The van der Waals surface area contributed by atoms with Gasteiger partial charge >= 0.3 is 0 Å². The van der Waals surface area contributed by atoms with Gasteiger partial charge in [-0.25, -0.2) is 0 Å². The van der Waals surface area contributed by atoms with E-state index in [1.54, 1.807) is 12.1 Å². The van der Waals surface area contributed by atoms with Crippen molar-refractivity contribution >= 4 is 29.7 Å². The number of benzene rings is 2. The number of nitro groups is 1. The lowest BCUT2D eigenvalue weighted by atomic mass is 9.95. The van der Waals surface area contributed by atoms with Gasteiger partial charge in [-0.05, 0) is 17.2 Å². The minimum Gasteiger partial charge on any atom is -0.326 e. The predicted molar refractivity (Wildman–Crippen MR) is 97.8 cm³/mol. The molecule has 1 aliphatic heterocycles. The van der Waals surface area contributed by atoms with Crippen LogP contribution < -0.4 is 5.73 Å². The molecule has 0 unspecified atom stereocenters. The smallest absolute Gasteiger partial charge is 0.287 e. The Morgan fingerprint density at radius 2 is 1.92 bits per heavy atom. The zero-order chi connectivity index (χ0) is 16.4. The van der Waals surface area contributed by atoms with Crippen molar-refractivity contribution in [3.8, 4) is 0 Å². The van der Waals surface area contributed by atoms with Gasteiger partial charge in [-0.2, -0.15) is 0 Å². The highest BCUT2D eigenvalue weighted by Gasteiger charge is 2.31. The Labute approximate surface area is 152 Å². The van der Waals surface area contributed by atoms with E-state index in [9.17, 15) is 10.1 Å². The summed E-state index contributed by atoms with van der Waals surface area (Å²) in [5, 5.41) is 11.0. The fraction of sp³-hybridized carbons (Fsp3) is 0.294. The summed E-state index contributed by atoms with van der Waals surface area (Å²) in [6.45, 7) is 2.36. The zero-order valence-electron chi connectivity index (χ0n) is 13.0. The van der Waals surface area contributed by atoms with Gasteiger partial charge in [-0.15, -0.1) is 12.4 Å². The second-order valence-corrected chi connectivity index (χ2v) is 6.33. The van der Waals surface area contributed by atoms with Crippen molar-refractivity contribution < 1.29 is 4.92 Å². The van der Waals surface area contributed by atoms with Crippen LogP contribution in [0.3, 0.4) is 0 Å². The first-order valence-electron chi connectivity index (χ1n) is 7.50. The molecule has 2 N–H and O–H groups in total. The normalized spacial score (nSPS) is 20.6. The van der Waals surface area contributed by atoms with E-state index in [2.05, 4.69) is 17.0 Å². The van der Waals surface area contributed by atoms with Crippen LogP contribution in [0, 0.1) is 10.1 Å². The van der Waals surface area contributed by atoms with E-state index in [1.807, 2.05) is 18.2 Å². The molecule has 2 aromatic carbocycles. The van der Waals surface area contributed by atoms with Gasteiger partial charge in [0, 0.05) is 37.7 Å². The molecule has 1 saturated heterocycles. The van der Waals surface area contributed by atoms with E-state index in [0.29, 0.717) is 12.5 Å². The number of halogens is 2. The number of hydrogen-bond donors (Lipinski definition) is 1. The van der Waals surface area contributed by atoms with Crippen molar-refractivity contribution in [2.75, 3.05) is 13.1 Å². The van der Waals surface area contributed by atoms with Crippen LogP contribution in [0.5, 0.6) is 0 Å². The summed E-state index contributed by atoms with van der Waals surface area (Å²) >= 11 is 5.98. The van der Waals surface area contributed by atoms with Crippen molar-refractivity contribution in [2.45, 2.75) is 18.5 Å². The second kappa shape index (κ2) is 7.94. The maximum absolute atomic E-state index is 10.8. The lowest BCUT2D eigenvalue weighted by Gasteiger charge is -2.16. The number of nitro benzene ring substituents is 1. The van der Waals surface area contributed by atoms with Crippen molar-refractivity contribution in [2.24, 2.45) is 5.73 Å². The third-order valence-corrected chi connectivity index (χ3v) is 4.59. The molecule has 2 aromatic rings. The van der Waals surface area contributed by atoms with Crippen LogP contribution >= 0.6 is 24.0 Å². The summed E-state index contributed by atoms with van der Waals surface area (Å²) in [5.41, 5.74) is 8.45. The van der Waals surface area contributed by atoms with Gasteiger partial charge < -0.3 is 5.73 Å². The Balaban J connectivity index is 0.00000208. The molecular weight excluding hydrogens is 349 g/mol. The van der Waals surface area contributed by atoms with Gasteiger partial charge in [0.05, 0.1) is 4.92 Å². The van der Waals surface area contributed by atoms with Crippen LogP contribution in [0.25, 0.3) is 0 Å². The van der Waals surface area contributed by atoms with E-state index in [0.717, 1.165) is 18.7 Å². The Kier molecular flexibility index (Phi) is 6.18. The second-order valence-electron chi connectivity index (χ2n) is 5.92. The maximum Gasteiger partial charge on any atom is 0.287 e. The van der Waals surface area contributed by atoms with E-state index >= 15 is 0 Å². The summed E-state index contributed by atoms with van der Waals surface area (Å²) in [7, 11) is 0. The van der Waals surface area contributed by atoms with Crippen LogP contribution in [0.2, 0.25) is 5.02 Å². The number of nitrogens with two attached hydrogens (primary N) is 1. The Morgan fingerprint density at radius 3 is 2.54 bits per heavy atom. The lowest BCUT2D eigenvalue weighted by Crippen LogP contribution is -2.28. The van der Waals surface area contributed by atoms with E-state index in [1.165, 1.54) is 11.6 Å². The van der Waals surface area contributed by atoms with Crippen molar-refractivity contribution in [3.63, 3.8) is 0 Å². The molecule has 7 heteroatoms. The largest absolute Gasteiger partial charge is 0.326 e. The topological polar surface area (TPSA) is 72.4 Å². The molecule has 0 amide bonds. The highest BCUT2D eigenvalue weighted by molar-refractivity contribution is 6.32. The number of hydrogen-bond acceptors (Lipinski definition) is 4. The van der Waals surface area contributed by atoms with Crippen LogP contribution in [-0.4, -0.2) is 29.0 Å². The van der Waals surface area contributed by atoms with Crippen LogP contribution in [0.1, 0.15) is 17.0 Å². The summed E-state index contributed by atoms with van der Waals surface area (Å²) in [4.78, 5) is 12.6. The monoisotopic (exact) mass is 367 g/mol. The van der Waals surface area contributed by atoms with Crippen LogP contribution in [0.15, 0.2) is 48.5 Å². The molecule has 1 heterocycles. The van der Waals surface area contributed by atoms with Gasteiger partial charge in [0.1, 0.15) is 5.02 Å². The number of rotatable bonds is 4. The quantitative estimate of drug-likeness (QED) is 0.661. The molecule has 24 heavy (non-hydrogen) atoms. The molecule has 2 atom stereocenters. The summed E-state index contributed by atoms with van der Waals surface area (Å²) in [6, 6.07) is 15.2. The Bertz CT molecular complexity index is 712. The van der Waals surface area contributed by atoms with Gasteiger partial charge in [-0.3, -0.25) is 15.0 Å². The SMILES string of the molecule is Cl.N[C@@H]1CN(Cc2ccc([N+](=O)[O-])c(Cl)c2)C[C@H]1c1ccccc1. The van der Waals surface area contributed by atoms with Gasteiger partial charge in [0.2, 0.25) is 0 Å². The Morgan fingerprint density at radius 1 is 1.21 bits per heavy atom. The predicted octanol–water partition coefficient (Wildman–Crippen LogP) is 3.60. The molecular formula is C17H19Cl2N3O2. The van der Waals surface area contributed by atoms with E-state index in [-0.39, 0.29) is 29.2 Å². The summed E-state index contributed by atoms with van der Waals surface area (Å²) < 4.78 is 0. The minimum absolute atomic E-state index is 0. The molecule has 5 nitrogen and oxygen atoms in total. The Hall–Kier alpha value is -1.66. The summed E-state index contributed by atoms with van der Waals surface area (Å²) in [5.74, 6) is 0.310. The first-order chi connectivity index (χ1) is 11.0. The first-order valence-corrected chi connectivity index (χ1v) is 7.88. The van der Waals surface area contributed by atoms with Crippen LogP contribution in [-0.2, 0) is 6.54 Å². The van der Waals surface area contributed by atoms with Crippen molar-refractivity contribution in [1.82, 2.24) is 4.90 Å². The fourth-order valence-electron chi connectivity index (χ4n) is 3.15. The van der Waals surface area contributed by atoms with Crippen molar-refractivity contribution in [3.05, 3.63) is 74.8 Å². The molecule has 0 aromatic heterocycles. The van der Waals surface area contributed by atoms with E-state index in [4.69, 9.17) is 17.3 Å². The molecule has 1 aliphatic rings. The minimum atomic E-state index is -0.469. The highest BCUT2D eigenvalue weighted by Crippen LogP contribution is 2.29. The first kappa shape index (κ1) is 18.7. The molecule has 128 valence electrons. The summed E-state index contributed by atoms with van der Waals surface area (Å²) in [6.07, 6.45) is 0. The third kappa shape index (κ3) is 4.05. The van der Waals surface area contributed by atoms with Crippen molar-refractivity contribution in [1.29, 1.82) is 0 Å². The molecule has 1 fully saturated rings. The molecule has 0 radical (unpaired) electrons. The fourth-order valence-corrected chi connectivity index (χ4v) is 3.42. The van der Waals surface area contributed by atoms with Gasteiger partial charge in [-0.1, -0.05) is 48.0 Å². The average molecular weight is 368 g/mol. The van der Waals surface area contributed by atoms with E-state index < -0.39 is 4.92 Å². The molecule has 0 bridgehead atoms. The average Bonchev–Trinajstić information content (AvgIpc) is 2.88. The molecule has 3 rings (SSSR count). The number of nitrogens with zero attached hydrogens (tertiary/aromatic N) is 2. The highest BCUT2D eigenvalue weighted by atomic mass is 35.5.